The average Bonchev–Trinajstić information content (AvgIpc) is 3.08. The molecule has 0 aliphatic heterocycles. The third-order valence-corrected chi connectivity index (χ3v) is 4.45. The van der Waals surface area contributed by atoms with Gasteiger partial charge in [-0.1, -0.05) is 6.92 Å². The van der Waals surface area contributed by atoms with E-state index < -0.39 is 0 Å². The molecule has 2 aromatic heterocycles. The smallest absolute Gasteiger partial charge is 0.246 e. The molecule has 0 aliphatic rings. The lowest BCUT2D eigenvalue weighted by molar-refractivity contribution is -0.114. The number of nitrogens with zero attached hydrogens (tertiary/aromatic N) is 3. The van der Waals surface area contributed by atoms with Crippen LogP contribution in [0.15, 0.2) is 35.7 Å². The summed E-state index contributed by atoms with van der Waals surface area (Å²) >= 11 is 1.74. The van der Waals surface area contributed by atoms with Crippen LogP contribution >= 0.6 is 35.3 Å². The van der Waals surface area contributed by atoms with Gasteiger partial charge in [-0.15, -0.1) is 35.3 Å². The number of hydrogen-bond acceptors (Lipinski definition) is 5. The number of hydrogen-bond donors (Lipinski definition) is 3. The molecule has 0 saturated heterocycles. The zero-order valence-electron chi connectivity index (χ0n) is 15.0. The van der Waals surface area contributed by atoms with Gasteiger partial charge in [0.15, 0.2) is 5.96 Å². The summed E-state index contributed by atoms with van der Waals surface area (Å²) in [6.07, 6.45) is 7.04. The molecule has 2 rings (SSSR count). The largest absolute Gasteiger partial charge is 0.357 e. The Morgan fingerprint density at radius 2 is 2.12 bits per heavy atom. The Kier molecular flexibility index (Phi) is 10.8. The molecule has 0 bridgehead atoms. The Morgan fingerprint density at radius 1 is 1.27 bits per heavy atom. The van der Waals surface area contributed by atoms with E-state index in [2.05, 4.69) is 37.8 Å². The van der Waals surface area contributed by atoms with Crippen molar-refractivity contribution in [3.63, 3.8) is 0 Å². The third kappa shape index (κ3) is 8.09. The first-order valence-electron chi connectivity index (χ1n) is 8.37. The zero-order chi connectivity index (χ0) is 17.9. The Morgan fingerprint density at radius 3 is 2.77 bits per heavy atom. The van der Waals surface area contributed by atoms with Gasteiger partial charge in [-0.25, -0.2) is 9.98 Å². The minimum Gasteiger partial charge on any atom is -0.357 e. The zero-order valence-corrected chi connectivity index (χ0v) is 18.1. The Hall–Kier alpha value is -1.75. The molecule has 0 aromatic carbocycles. The van der Waals surface area contributed by atoms with Crippen LogP contribution in [-0.2, 0) is 17.6 Å². The van der Waals surface area contributed by atoms with E-state index in [0.29, 0.717) is 18.2 Å². The summed E-state index contributed by atoms with van der Waals surface area (Å²) in [4.78, 5) is 25.9. The fraction of sp³-hybridized carbons (Fsp3) is 0.412. The highest BCUT2D eigenvalue weighted by molar-refractivity contribution is 14.0. The van der Waals surface area contributed by atoms with Crippen molar-refractivity contribution in [3.8, 4) is 0 Å². The summed E-state index contributed by atoms with van der Waals surface area (Å²) in [6.45, 7) is 5.60. The SMILES string of the molecule is CCNC(=NCC(=O)Nc1cccnc1)NCCc1ncc(CC)s1.I. The average molecular weight is 488 g/mol. The second-order valence-electron chi connectivity index (χ2n) is 5.24. The van der Waals surface area contributed by atoms with Crippen molar-refractivity contribution >= 4 is 52.9 Å². The Bertz CT molecular complexity index is 692. The number of halogens is 1. The number of nitrogens with one attached hydrogen (secondary N) is 3. The highest BCUT2D eigenvalue weighted by Crippen LogP contribution is 2.13. The van der Waals surface area contributed by atoms with Gasteiger partial charge in [-0.2, -0.15) is 0 Å². The molecule has 0 saturated carbocycles. The predicted molar refractivity (Wildman–Crippen MR) is 117 cm³/mol. The van der Waals surface area contributed by atoms with Gasteiger partial charge in [0.2, 0.25) is 5.91 Å². The van der Waals surface area contributed by atoms with Crippen LogP contribution in [0.5, 0.6) is 0 Å². The summed E-state index contributed by atoms with van der Waals surface area (Å²) in [5.41, 5.74) is 0.663. The number of thiazole rings is 1. The topological polar surface area (TPSA) is 91.3 Å². The number of carbonyl (C=O) groups is 1. The van der Waals surface area contributed by atoms with Crippen molar-refractivity contribution < 1.29 is 4.79 Å². The van der Waals surface area contributed by atoms with Crippen LogP contribution < -0.4 is 16.0 Å². The number of aryl methyl sites for hydroxylation is 1. The van der Waals surface area contributed by atoms with Crippen molar-refractivity contribution in [2.24, 2.45) is 4.99 Å². The molecule has 26 heavy (non-hydrogen) atoms. The van der Waals surface area contributed by atoms with E-state index in [4.69, 9.17) is 0 Å². The minimum atomic E-state index is -0.183. The van der Waals surface area contributed by atoms with Gasteiger partial charge < -0.3 is 16.0 Å². The van der Waals surface area contributed by atoms with E-state index in [1.807, 2.05) is 13.1 Å². The van der Waals surface area contributed by atoms with Gasteiger partial charge in [0.05, 0.1) is 16.9 Å². The molecule has 142 valence electrons. The monoisotopic (exact) mass is 488 g/mol. The minimum absolute atomic E-state index is 0. The van der Waals surface area contributed by atoms with Crippen LogP contribution in [-0.4, -0.2) is 41.5 Å². The number of pyridine rings is 1. The van der Waals surface area contributed by atoms with Crippen LogP contribution in [0, 0.1) is 0 Å². The number of amides is 1. The molecule has 0 unspecified atom stereocenters. The van der Waals surface area contributed by atoms with Crippen molar-refractivity contribution in [2.75, 3.05) is 25.0 Å². The molecule has 0 atom stereocenters. The maximum Gasteiger partial charge on any atom is 0.246 e. The first-order valence-corrected chi connectivity index (χ1v) is 9.18. The molecule has 9 heteroatoms. The van der Waals surface area contributed by atoms with Gasteiger partial charge in [0.1, 0.15) is 6.54 Å². The highest BCUT2D eigenvalue weighted by atomic mass is 127. The van der Waals surface area contributed by atoms with E-state index in [9.17, 15) is 4.79 Å². The van der Waals surface area contributed by atoms with Crippen LogP contribution in [0.25, 0.3) is 0 Å². The van der Waals surface area contributed by atoms with Crippen molar-refractivity contribution in [1.82, 2.24) is 20.6 Å². The first-order chi connectivity index (χ1) is 12.2. The lowest BCUT2D eigenvalue weighted by atomic mass is 10.4. The van der Waals surface area contributed by atoms with E-state index in [-0.39, 0.29) is 36.4 Å². The number of aromatic nitrogens is 2. The first kappa shape index (κ1) is 22.3. The third-order valence-electron chi connectivity index (χ3n) is 3.25. The molecule has 0 radical (unpaired) electrons. The fourth-order valence-electron chi connectivity index (χ4n) is 2.04. The normalized spacial score (nSPS) is 10.8. The van der Waals surface area contributed by atoms with Crippen molar-refractivity contribution in [1.29, 1.82) is 0 Å². The summed E-state index contributed by atoms with van der Waals surface area (Å²) in [5, 5.41) is 10.2. The van der Waals surface area contributed by atoms with Gasteiger partial charge in [0.25, 0.3) is 0 Å². The maximum absolute atomic E-state index is 11.9. The van der Waals surface area contributed by atoms with Crippen molar-refractivity contribution in [2.45, 2.75) is 26.7 Å². The number of aliphatic imine (C=N–C) groups is 1. The fourth-order valence-corrected chi connectivity index (χ4v) is 2.91. The Balaban J connectivity index is 0.00000338. The molecular formula is C17H25IN6OS. The highest BCUT2D eigenvalue weighted by Gasteiger charge is 2.04. The van der Waals surface area contributed by atoms with E-state index in [0.717, 1.165) is 24.4 Å². The molecule has 3 N–H and O–H groups in total. The quantitative estimate of drug-likeness (QED) is 0.302. The molecule has 1 amide bonds. The van der Waals surface area contributed by atoms with Gasteiger partial charge in [0, 0.05) is 36.8 Å². The second kappa shape index (κ2) is 12.6. The van der Waals surface area contributed by atoms with E-state index in [1.165, 1.54) is 4.88 Å². The summed E-state index contributed by atoms with van der Waals surface area (Å²) < 4.78 is 0. The van der Waals surface area contributed by atoms with Gasteiger partial charge in [-0.3, -0.25) is 9.78 Å². The maximum atomic E-state index is 11.9. The van der Waals surface area contributed by atoms with Gasteiger partial charge >= 0.3 is 0 Å². The second-order valence-corrected chi connectivity index (χ2v) is 6.44. The van der Waals surface area contributed by atoms with Crippen LogP contribution in [0.3, 0.4) is 0 Å². The standard InChI is InChI=1S/C17H24N6OS.HI/c1-3-14-11-21-16(25-14)7-9-20-17(19-4-2)22-12-15(24)23-13-6-5-8-18-10-13;/h5-6,8,10-11H,3-4,7,9,12H2,1-2H3,(H,23,24)(H2,19,20,22);1H. The predicted octanol–water partition coefficient (Wildman–Crippen LogP) is 2.45. The number of rotatable bonds is 8. The molecule has 7 nitrogen and oxygen atoms in total. The summed E-state index contributed by atoms with van der Waals surface area (Å²) in [6, 6.07) is 3.56. The van der Waals surface area contributed by atoms with Crippen LogP contribution in [0.4, 0.5) is 5.69 Å². The summed E-state index contributed by atoms with van der Waals surface area (Å²) in [7, 11) is 0. The molecule has 0 aliphatic carbocycles. The number of carbonyl (C=O) groups excluding carboxylic acids is 1. The molecule has 0 fully saturated rings. The van der Waals surface area contributed by atoms with E-state index in [1.54, 1.807) is 35.9 Å². The molecule has 2 aromatic rings. The number of guanidine groups is 1. The van der Waals surface area contributed by atoms with E-state index >= 15 is 0 Å². The lowest BCUT2D eigenvalue weighted by Gasteiger charge is -2.10. The van der Waals surface area contributed by atoms with Crippen molar-refractivity contribution in [3.05, 3.63) is 40.6 Å². The molecular weight excluding hydrogens is 463 g/mol. The molecule has 0 spiro atoms. The Labute approximate surface area is 175 Å². The number of anilines is 1. The van der Waals surface area contributed by atoms with Crippen LogP contribution in [0.1, 0.15) is 23.7 Å². The summed E-state index contributed by atoms with van der Waals surface area (Å²) in [5.74, 6) is 0.439. The molecule has 2 heterocycles. The van der Waals surface area contributed by atoms with Crippen LogP contribution in [0.2, 0.25) is 0 Å². The lowest BCUT2D eigenvalue weighted by Crippen LogP contribution is -2.39. The van der Waals surface area contributed by atoms with Gasteiger partial charge in [-0.05, 0) is 25.5 Å².